The molecule has 0 spiro atoms. The number of Topliss-reactive ketones (excluding diaryl/α,β-unsaturated/α-hetero) is 2. The van der Waals surface area contributed by atoms with E-state index in [0.717, 1.165) is 5.57 Å². The highest BCUT2D eigenvalue weighted by Gasteiger charge is 2.74. The van der Waals surface area contributed by atoms with Crippen molar-refractivity contribution in [3.8, 4) is 0 Å². The molecule has 4 aliphatic carbocycles. The van der Waals surface area contributed by atoms with Crippen LogP contribution in [0.25, 0.3) is 0 Å². The summed E-state index contributed by atoms with van der Waals surface area (Å²) in [7, 11) is 0. The molecule has 0 unspecified atom stereocenters. The molecule has 0 aromatic rings. The Morgan fingerprint density at radius 3 is 2.32 bits per heavy atom. The Morgan fingerprint density at radius 2 is 1.71 bits per heavy atom. The number of fused-ring (bicyclic) bond motifs is 5. The summed E-state index contributed by atoms with van der Waals surface area (Å²) in [6.07, 6.45) is 3.44. The third-order valence-corrected chi connectivity index (χ3v) is 9.44. The molecule has 5 heteroatoms. The van der Waals surface area contributed by atoms with Crippen LogP contribution in [0.1, 0.15) is 72.6 Å². The molecular formula is C23H31FO4. The van der Waals surface area contributed by atoms with Gasteiger partial charge in [0, 0.05) is 17.8 Å². The van der Waals surface area contributed by atoms with Crippen LogP contribution in [0.2, 0.25) is 0 Å². The third-order valence-electron chi connectivity index (χ3n) is 9.44. The van der Waals surface area contributed by atoms with Crippen LogP contribution in [-0.4, -0.2) is 34.2 Å². The normalized spacial score (nSPS) is 46.9. The lowest BCUT2D eigenvalue weighted by Crippen LogP contribution is -2.68. The highest BCUT2D eigenvalue weighted by atomic mass is 19.1. The maximum absolute atomic E-state index is 16.9. The molecule has 4 aliphatic rings. The molecule has 1 N–H and O–H groups in total. The Kier molecular flexibility index (Phi) is 4.16. The lowest BCUT2D eigenvalue weighted by molar-refractivity contribution is -0.216. The second-order valence-corrected chi connectivity index (χ2v) is 10.2. The number of carbonyl (C=O) groups is 3. The van der Waals surface area contributed by atoms with E-state index in [1.54, 1.807) is 6.08 Å². The largest absolute Gasteiger partial charge is 0.390 e. The minimum Gasteiger partial charge on any atom is -0.390 e. The topological polar surface area (TPSA) is 71.4 Å². The average Bonchev–Trinajstić information content (AvgIpc) is 2.91. The number of rotatable bonds is 2. The van der Waals surface area contributed by atoms with Gasteiger partial charge in [-0.2, -0.15) is 0 Å². The van der Waals surface area contributed by atoms with Crippen LogP contribution in [0.15, 0.2) is 11.6 Å². The molecule has 0 heterocycles. The van der Waals surface area contributed by atoms with Crippen LogP contribution >= 0.6 is 0 Å². The van der Waals surface area contributed by atoms with Crippen molar-refractivity contribution < 1.29 is 23.9 Å². The van der Waals surface area contributed by atoms with Crippen molar-refractivity contribution in [1.29, 1.82) is 0 Å². The molecule has 154 valence electrons. The fourth-order valence-electron chi connectivity index (χ4n) is 8.00. The highest BCUT2D eigenvalue weighted by Crippen LogP contribution is 2.72. The lowest BCUT2D eigenvalue weighted by atomic mass is 9.42. The second-order valence-electron chi connectivity index (χ2n) is 10.2. The lowest BCUT2D eigenvalue weighted by Gasteiger charge is -2.63. The molecule has 0 bridgehead atoms. The van der Waals surface area contributed by atoms with Gasteiger partial charge in [-0.3, -0.25) is 14.4 Å². The van der Waals surface area contributed by atoms with Gasteiger partial charge in [0.05, 0.1) is 11.5 Å². The number of hydrogen-bond donors (Lipinski definition) is 1. The Balaban J connectivity index is 1.84. The summed E-state index contributed by atoms with van der Waals surface area (Å²) < 4.78 is 16.9. The predicted octanol–water partition coefficient (Wildman–Crippen LogP) is 3.75. The van der Waals surface area contributed by atoms with Gasteiger partial charge < -0.3 is 5.11 Å². The highest BCUT2D eigenvalue weighted by molar-refractivity contribution is 6.06. The fourth-order valence-corrected chi connectivity index (χ4v) is 8.00. The van der Waals surface area contributed by atoms with Crippen molar-refractivity contribution in [2.24, 2.45) is 28.1 Å². The number of alkyl halides is 1. The minimum atomic E-state index is -1.83. The standard InChI is InChI=1S/C23H31FO4/c1-13(25)22(14(2)26)10-8-17-18-6-5-15-11-16(27)7-9-20(15,3)23(18,24)19(28)12-21(17,22)4/h11,17-19,28H,5-10,12H2,1-4H3/t17-,18-,19-,20-,21-,23-/m0/s1. The van der Waals surface area contributed by atoms with Crippen LogP contribution in [-0.2, 0) is 14.4 Å². The molecule has 4 nitrogen and oxygen atoms in total. The first kappa shape index (κ1) is 19.9. The molecule has 28 heavy (non-hydrogen) atoms. The summed E-state index contributed by atoms with van der Waals surface area (Å²) in [4.78, 5) is 37.3. The zero-order valence-corrected chi connectivity index (χ0v) is 17.3. The number of aliphatic hydroxyl groups excluding tert-OH is 1. The fraction of sp³-hybridized carbons (Fsp3) is 0.783. The summed E-state index contributed by atoms with van der Waals surface area (Å²) in [6.45, 7) is 6.72. The molecule has 3 saturated carbocycles. The zero-order chi connectivity index (χ0) is 20.7. The van der Waals surface area contributed by atoms with Crippen LogP contribution in [0.5, 0.6) is 0 Å². The maximum Gasteiger partial charge on any atom is 0.155 e. The van der Waals surface area contributed by atoms with E-state index in [-0.39, 0.29) is 29.7 Å². The van der Waals surface area contributed by atoms with Gasteiger partial charge in [-0.05, 0) is 69.8 Å². The maximum atomic E-state index is 16.9. The summed E-state index contributed by atoms with van der Waals surface area (Å²) in [5, 5.41) is 11.2. The van der Waals surface area contributed by atoms with Crippen molar-refractivity contribution in [1.82, 2.24) is 0 Å². The first-order valence-electron chi connectivity index (χ1n) is 10.6. The summed E-state index contributed by atoms with van der Waals surface area (Å²) >= 11 is 0. The van der Waals surface area contributed by atoms with Gasteiger partial charge in [-0.15, -0.1) is 0 Å². The van der Waals surface area contributed by atoms with Crippen molar-refractivity contribution in [3.05, 3.63) is 11.6 Å². The van der Waals surface area contributed by atoms with Crippen molar-refractivity contribution in [2.45, 2.75) is 84.4 Å². The SMILES string of the molecule is CC(=O)C1(C(C)=O)CC[C@H]2[C@@H]3CCC4=CC(=O)CC[C@]4(C)[C@@]3(F)[C@@H](O)C[C@@]21C. The molecule has 0 aliphatic heterocycles. The van der Waals surface area contributed by atoms with E-state index in [9.17, 15) is 19.5 Å². The van der Waals surface area contributed by atoms with E-state index in [1.807, 2.05) is 13.8 Å². The molecule has 3 fully saturated rings. The van der Waals surface area contributed by atoms with E-state index in [4.69, 9.17) is 0 Å². The third kappa shape index (κ3) is 2.02. The van der Waals surface area contributed by atoms with Crippen molar-refractivity contribution in [2.75, 3.05) is 0 Å². The Labute approximate surface area is 165 Å². The Bertz CT molecular complexity index is 786. The van der Waals surface area contributed by atoms with E-state index >= 15 is 4.39 Å². The van der Waals surface area contributed by atoms with Gasteiger partial charge >= 0.3 is 0 Å². The zero-order valence-electron chi connectivity index (χ0n) is 17.3. The van der Waals surface area contributed by atoms with E-state index in [1.165, 1.54) is 13.8 Å². The number of aliphatic hydroxyl groups is 1. The van der Waals surface area contributed by atoms with Gasteiger partial charge in [0.2, 0.25) is 0 Å². The van der Waals surface area contributed by atoms with E-state index in [2.05, 4.69) is 0 Å². The number of allylic oxidation sites excluding steroid dienone is 1. The van der Waals surface area contributed by atoms with Gasteiger partial charge in [-0.1, -0.05) is 19.4 Å². The minimum absolute atomic E-state index is 0.0395. The summed E-state index contributed by atoms with van der Waals surface area (Å²) in [5.74, 6) is -0.802. The molecule has 0 amide bonds. The number of hydrogen-bond acceptors (Lipinski definition) is 4. The summed E-state index contributed by atoms with van der Waals surface area (Å²) in [5.41, 5.74) is -3.72. The molecule has 6 atom stereocenters. The summed E-state index contributed by atoms with van der Waals surface area (Å²) in [6, 6.07) is 0. The average molecular weight is 390 g/mol. The molecule has 0 radical (unpaired) electrons. The number of carbonyl (C=O) groups excluding carboxylic acids is 3. The Hall–Kier alpha value is -1.36. The van der Waals surface area contributed by atoms with Crippen LogP contribution < -0.4 is 0 Å². The smallest absolute Gasteiger partial charge is 0.155 e. The second kappa shape index (κ2) is 5.84. The molecule has 0 aromatic carbocycles. The molecular weight excluding hydrogens is 359 g/mol. The van der Waals surface area contributed by atoms with E-state index in [0.29, 0.717) is 38.5 Å². The molecule has 0 saturated heterocycles. The molecule has 0 aromatic heterocycles. The monoisotopic (exact) mass is 390 g/mol. The van der Waals surface area contributed by atoms with Gasteiger partial charge in [0.25, 0.3) is 0 Å². The molecule has 4 rings (SSSR count). The van der Waals surface area contributed by atoms with Crippen LogP contribution in [0.3, 0.4) is 0 Å². The van der Waals surface area contributed by atoms with Crippen molar-refractivity contribution in [3.63, 3.8) is 0 Å². The van der Waals surface area contributed by atoms with Gasteiger partial charge in [-0.25, -0.2) is 4.39 Å². The van der Waals surface area contributed by atoms with Gasteiger partial charge in [0.15, 0.2) is 5.78 Å². The quantitative estimate of drug-likeness (QED) is 0.729. The Morgan fingerprint density at radius 1 is 1.07 bits per heavy atom. The predicted molar refractivity (Wildman–Crippen MR) is 102 cm³/mol. The van der Waals surface area contributed by atoms with Gasteiger partial charge in [0.1, 0.15) is 17.2 Å². The van der Waals surface area contributed by atoms with Crippen LogP contribution in [0, 0.1) is 28.1 Å². The van der Waals surface area contributed by atoms with Crippen molar-refractivity contribution >= 4 is 17.3 Å². The first-order chi connectivity index (χ1) is 12.9. The van der Waals surface area contributed by atoms with Crippen LogP contribution in [0.4, 0.5) is 4.39 Å². The number of halogens is 1. The number of ketones is 3. The van der Waals surface area contributed by atoms with E-state index < -0.39 is 33.9 Å². The first-order valence-corrected chi connectivity index (χ1v) is 10.6.